The second-order valence-electron chi connectivity index (χ2n) is 9.38. The van der Waals surface area contributed by atoms with E-state index in [0.717, 1.165) is 37.9 Å². The van der Waals surface area contributed by atoms with Crippen molar-refractivity contribution in [2.75, 3.05) is 39.4 Å². The molecule has 3 fully saturated rings. The van der Waals surface area contributed by atoms with Crippen molar-refractivity contribution in [3.63, 3.8) is 0 Å². The van der Waals surface area contributed by atoms with E-state index >= 15 is 0 Å². The van der Waals surface area contributed by atoms with Crippen LogP contribution in [0.3, 0.4) is 0 Å². The van der Waals surface area contributed by atoms with Gasteiger partial charge in [0, 0.05) is 38.1 Å². The first-order valence-electron chi connectivity index (χ1n) is 12.2. The number of nitrogens with one attached hydrogen (secondary N) is 1. The van der Waals surface area contributed by atoms with Crippen LogP contribution in [0, 0.1) is 11.3 Å². The molecule has 2 aliphatic heterocycles. The highest BCUT2D eigenvalue weighted by molar-refractivity contribution is 5.83. The molecule has 3 amide bonds. The van der Waals surface area contributed by atoms with Gasteiger partial charge in [0.25, 0.3) is 0 Å². The van der Waals surface area contributed by atoms with Gasteiger partial charge < -0.3 is 24.6 Å². The van der Waals surface area contributed by atoms with Gasteiger partial charge in [-0.3, -0.25) is 9.59 Å². The van der Waals surface area contributed by atoms with Gasteiger partial charge in [-0.25, -0.2) is 4.79 Å². The minimum atomic E-state index is -0.267. The molecule has 1 aromatic carbocycles. The van der Waals surface area contributed by atoms with Gasteiger partial charge in [0.2, 0.25) is 11.8 Å². The number of benzene rings is 1. The molecule has 0 aromatic heterocycles. The van der Waals surface area contributed by atoms with Crippen molar-refractivity contribution in [3.05, 3.63) is 30.3 Å². The van der Waals surface area contributed by atoms with Crippen LogP contribution in [-0.2, 0) is 14.3 Å². The largest absolute Gasteiger partial charge is 0.493 e. The summed E-state index contributed by atoms with van der Waals surface area (Å²) in [4.78, 5) is 40.8. The van der Waals surface area contributed by atoms with Gasteiger partial charge in [0.05, 0.1) is 19.6 Å². The van der Waals surface area contributed by atoms with Crippen LogP contribution < -0.4 is 10.1 Å². The number of rotatable bonds is 7. The molecule has 3 aliphatic rings. The number of likely N-dealkylation sites (tertiary alicyclic amines) is 2. The lowest BCUT2D eigenvalue weighted by atomic mass is 9.90. The van der Waals surface area contributed by atoms with Crippen LogP contribution in [0.5, 0.6) is 5.75 Å². The second kappa shape index (κ2) is 10.4. The predicted octanol–water partition coefficient (Wildman–Crippen LogP) is 2.82. The average Bonchev–Trinajstić information content (AvgIpc) is 3.54. The lowest BCUT2D eigenvalue weighted by Gasteiger charge is -2.34. The van der Waals surface area contributed by atoms with Gasteiger partial charge in [-0.2, -0.15) is 0 Å². The van der Waals surface area contributed by atoms with Crippen molar-refractivity contribution in [1.29, 1.82) is 0 Å². The molecule has 8 nitrogen and oxygen atoms in total. The van der Waals surface area contributed by atoms with E-state index in [-0.39, 0.29) is 35.3 Å². The molecule has 33 heavy (non-hydrogen) atoms. The third-order valence-electron chi connectivity index (χ3n) is 7.31. The van der Waals surface area contributed by atoms with Crippen LogP contribution in [0.2, 0.25) is 0 Å². The quantitative estimate of drug-likeness (QED) is 0.680. The molecule has 0 radical (unpaired) electrons. The number of para-hydroxylation sites is 1. The molecule has 0 bridgehead atoms. The van der Waals surface area contributed by atoms with Crippen molar-refractivity contribution in [2.45, 2.75) is 51.5 Å². The Bertz CT molecular complexity index is 830. The van der Waals surface area contributed by atoms with E-state index in [2.05, 4.69) is 5.32 Å². The predicted molar refractivity (Wildman–Crippen MR) is 123 cm³/mol. The number of piperidine rings is 2. The topological polar surface area (TPSA) is 88.2 Å². The highest BCUT2D eigenvalue weighted by Gasteiger charge is 2.58. The Balaban J connectivity index is 1.14. The lowest BCUT2D eigenvalue weighted by molar-refractivity contribution is -0.133. The average molecular weight is 458 g/mol. The minimum Gasteiger partial charge on any atom is -0.493 e. The fourth-order valence-corrected chi connectivity index (χ4v) is 5.13. The number of hydrogen-bond donors (Lipinski definition) is 1. The zero-order chi connectivity index (χ0) is 23.3. The van der Waals surface area contributed by atoms with Crippen LogP contribution in [0.1, 0.15) is 45.4 Å². The SMILES string of the molecule is CCOC(=O)N1CCC(NC(=O)[C@H]2CC23CCN(C(=O)CCOc2ccccc2)CC3)CC1. The molecule has 2 heterocycles. The summed E-state index contributed by atoms with van der Waals surface area (Å²) >= 11 is 0. The molecule has 180 valence electrons. The Morgan fingerprint density at radius 2 is 1.73 bits per heavy atom. The standard InChI is InChI=1S/C25H35N3O5/c1-2-32-24(31)28-13-8-19(9-14-28)26-23(30)21-18-25(21)11-15-27(16-12-25)22(29)10-17-33-20-6-4-3-5-7-20/h3-7,19,21H,2,8-18H2,1H3,(H,26,30)/t21-/m1/s1. The summed E-state index contributed by atoms with van der Waals surface area (Å²) in [6.07, 6.45) is 4.32. The molecule has 1 aromatic rings. The number of hydrogen-bond acceptors (Lipinski definition) is 5. The van der Waals surface area contributed by atoms with Crippen LogP contribution in [-0.4, -0.2) is 73.1 Å². The van der Waals surface area contributed by atoms with Crippen molar-refractivity contribution in [1.82, 2.24) is 15.1 Å². The zero-order valence-corrected chi connectivity index (χ0v) is 19.5. The van der Waals surface area contributed by atoms with E-state index in [1.165, 1.54) is 0 Å². The Labute approximate surface area is 195 Å². The molecule has 4 rings (SSSR count). The van der Waals surface area contributed by atoms with E-state index in [0.29, 0.717) is 45.8 Å². The Morgan fingerprint density at radius 1 is 1.03 bits per heavy atom. The molecular formula is C25H35N3O5. The van der Waals surface area contributed by atoms with E-state index in [1.54, 1.807) is 11.8 Å². The number of nitrogens with zero attached hydrogens (tertiary/aromatic N) is 2. The van der Waals surface area contributed by atoms with Gasteiger partial charge >= 0.3 is 6.09 Å². The van der Waals surface area contributed by atoms with Crippen LogP contribution >= 0.6 is 0 Å². The molecule has 8 heteroatoms. The summed E-state index contributed by atoms with van der Waals surface area (Å²) in [6, 6.07) is 9.65. The highest BCUT2D eigenvalue weighted by atomic mass is 16.6. The molecular weight excluding hydrogens is 422 g/mol. The molecule has 1 atom stereocenters. The molecule has 1 aliphatic carbocycles. The fraction of sp³-hybridized carbons (Fsp3) is 0.640. The van der Waals surface area contributed by atoms with Crippen molar-refractivity contribution >= 4 is 17.9 Å². The first-order chi connectivity index (χ1) is 16.0. The number of ether oxygens (including phenoxy) is 2. The maximum absolute atomic E-state index is 12.8. The zero-order valence-electron chi connectivity index (χ0n) is 19.5. The Morgan fingerprint density at radius 3 is 2.39 bits per heavy atom. The third kappa shape index (κ3) is 5.78. The summed E-state index contributed by atoms with van der Waals surface area (Å²) in [5.41, 5.74) is 0.0625. The van der Waals surface area contributed by atoms with Crippen LogP contribution in [0.4, 0.5) is 4.79 Å². The monoisotopic (exact) mass is 457 g/mol. The van der Waals surface area contributed by atoms with Gasteiger partial charge in [0.1, 0.15) is 5.75 Å². The first kappa shape index (κ1) is 23.4. The summed E-state index contributed by atoms with van der Waals surface area (Å²) < 4.78 is 10.7. The summed E-state index contributed by atoms with van der Waals surface area (Å²) in [5, 5.41) is 3.21. The Hall–Kier alpha value is -2.77. The number of carbonyl (C=O) groups excluding carboxylic acids is 3. The van der Waals surface area contributed by atoms with Gasteiger partial charge in [-0.1, -0.05) is 18.2 Å². The van der Waals surface area contributed by atoms with Gasteiger partial charge in [-0.05, 0) is 56.6 Å². The van der Waals surface area contributed by atoms with Crippen molar-refractivity contribution in [2.24, 2.45) is 11.3 Å². The van der Waals surface area contributed by atoms with Crippen molar-refractivity contribution < 1.29 is 23.9 Å². The van der Waals surface area contributed by atoms with E-state index in [1.807, 2.05) is 35.2 Å². The van der Waals surface area contributed by atoms with Crippen molar-refractivity contribution in [3.8, 4) is 5.75 Å². The molecule has 1 N–H and O–H groups in total. The molecule has 1 saturated carbocycles. The minimum absolute atomic E-state index is 0.0549. The summed E-state index contributed by atoms with van der Waals surface area (Å²) in [6.45, 7) is 5.22. The third-order valence-corrected chi connectivity index (χ3v) is 7.31. The van der Waals surface area contributed by atoms with E-state index in [4.69, 9.17) is 9.47 Å². The fourth-order valence-electron chi connectivity index (χ4n) is 5.13. The molecule has 1 spiro atoms. The second-order valence-corrected chi connectivity index (χ2v) is 9.38. The van der Waals surface area contributed by atoms with E-state index in [9.17, 15) is 14.4 Å². The number of carbonyl (C=O) groups is 3. The van der Waals surface area contributed by atoms with Gasteiger partial charge in [0.15, 0.2) is 0 Å². The lowest BCUT2D eigenvalue weighted by Crippen LogP contribution is -2.47. The Kier molecular flexibility index (Phi) is 7.40. The van der Waals surface area contributed by atoms with Gasteiger partial charge in [-0.15, -0.1) is 0 Å². The maximum atomic E-state index is 12.8. The summed E-state index contributed by atoms with van der Waals surface area (Å²) in [5.74, 6) is 1.09. The normalized spacial score (nSPS) is 22.0. The summed E-state index contributed by atoms with van der Waals surface area (Å²) in [7, 11) is 0. The van der Waals surface area contributed by atoms with Crippen LogP contribution in [0.15, 0.2) is 30.3 Å². The van der Waals surface area contributed by atoms with Crippen LogP contribution in [0.25, 0.3) is 0 Å². The maximum Gasteiger partial charge on any atom is 0.409 e. The smallest absolute Gasteiger partial charge is 0.409 e. The van der Waals surface area contributed by atoms with E-state index < -0.39 is 0 Å². The first-order valence-corrected chi connectivity index (χ1v) is 12.2. The molecule has 2 saturated heterocycles. The molecule has 0 unspecified atom stereocenters. The highest BCUT2D eigenvalue weighted by Crippen LogP contribution is 2.59. The number of amides is 3.